The van der Waals surface area contributed by atoms with E-state index in [1.807, 2.05) is 6.92 Å². The van der Waals surface area contributed by atoms with Crippen LogP contribution < -0.4 is 10.1 Å². The summed E-state index contributed by atoms with van der Waals surface area (Å²) in [7, 11) is 1.57. The van der Waals surface area contributed by atoms with Gasteiger partial charge in [-0.15, -0.1) is 0 Å². The number of benzene rings is 2. The molecule has 2 aromatic carbocycles. The van der Waals surface area contributed by atoms with Crippen LogP contribution in [0.1, 0.15) is 18.9 Å². The summed E-state index contributed by atoms with van der Waals surface area (Å²) in [4.78, 5) is 28.6. The number of likely N-dealkylation sites (N-methyl/N-ethyl adjacent to an activating group) is 1. The summed E-state index contributed by atoms with van der Waals surface area (Å²) in [6.07, 6.45) is -0.0390. The second-order valence-corrected chi connectivity index (χ2v) is 6.98. The molecule has 6 nitrogen and oxygen atoms in total. The molecule has 0 radical (unpaired) electrons. The summed E-state index contributed by atoms with van der Waals surface area (Å²) in [6.45, 7) is 2.58. The van der Waals surface area contributed by atoms with Gasteiger partial charge in [-0.3, -0.25) is 14.5 Å². The lowest BCUT2D eigenvalue weighted by atomic mass is 10.1. The molecule has 2 aromatic rings. The Kier molecular flexibility index (Phi) is 6.43. The van der Waals surface area contributed by atoms with Gasteiger partial charge in [-0.2, -0.15) is 0 Å². The Morgan fingerprint density at radius 1 is 1.17 bits per heavy atom. The van der Waals surface area contributed by atoms with E-state index >= 15 is 0 Å². The molecule has 2 amide bonds. The number of hydrogen-bond acceptors (Lipinski definition) is 4. The smallest absolute Gasteiger partial charge is 0.252 e. The molecule has 8 heteroatoms. The highest BCUT2D eigenvalue weighted by Crippen LogP contribution is 2.24. The third-order valence-electron chi connectivity index (χ3n) is 4.74. The van der Waals surface area contributed by atoms with Crippen molar-refractivity contribution >= 4 is 34.8 Å². The van der Waals surface area contributed by atoms with Crippen LogP contribution in [0.5, 0.6) is 5.75 Å². The van der Waals surface area contributed by atoms with Gasteiger partial charge in [0, 0.05) is 18.8 Å². The summed E-state index contributed by atoms with van der Waals surface area (Å²) in [5.74, 6) is -0.148. The first kappa shape index (κ1) is 20.7. The highest BCUT2D eigenvalue weighted by atomic mass is 32.1. The van der Waals surface area contributed by atoms with Gasteiger partial charge in [-0.1, -0.05) is 12.1 Å². The van der Waals surface area contributed by atoms with Crippen molar-refractivity contribution in [3.8, 4) is 5.75 Å². The van der Waals surface area contributed by atoms with Crippen molar-refractivity contribution in [3.63, 3.8) is 0 Å². The molecule has 29 heavy (non-hydrogen) atoms. The van der Waals surface area contributed by atoms with Crippen molar-refractivity contribution in [2.45, 2.75) is 25.9 Å². The van der Waals surface area contributed by atoms with Crippen molar-refractivity contribution in [1.29, 1.82) is 0 Å². The van der Waals surface area contributed by atoms with E-state index < -0.39 is 6.04 Å². The Morgan fingerprint density at radius 3 is 2.41 bits per heavy atom. The highest BCUT2D eigenvalue weighted by Gasteiger charge is 2.42. The van der Waals surface area contributed by atoms with Gasteiger partial charge in [0.15, 0.2) is 5.11 Å². The molecule has 1 unspecified atom stereocenters. The van der Waals surface area contributed by atoms with Crippen LogP contribution in [0.3, 0.4) is 0 Å². The van der Waals surface area contributed by atoms with Crippen molar-refractivity contribution < 1.29 is 18.7 Å². The van der Waals surface area contributed by atoms with Gasteiger partial charge in [-0.25, -0.2) is 4.39 Å². The maximum atomic E-state index is 13.2. The number of anilines is 1. The van der Waals surface area contributed by atoms with Crippen molar-refractivity contribution in [3.05, 3.63) is 59.9 Å². The molecule has 0 aliphatic carbocycles. The monoisotopic (exact) mass is 415 g/mol. The Hall–Kier alpha value is -3.00. The van der Waals surface area contributed by atoms with E-state index in [1.165, 1.54) is 17.0 Å². The van der Waals surface area contributed by atoms with Gasteiger partial charge in [0.05, 0.1) is 13.5 Å². The van der Waals surface area contributed by atoms with Crippen molar-refractivity contribution in [1.82, 2.24) is 9.80 Å². The quantitative estimate of drug-likeness (QED) is 0.704. The van der Waals surface area contributed by atoms with E-state index in [0.29, 0.717) is 29.6 Å². The van der Waals surface area contributed by atoms with Gasteiger partial charge in [-0.05, 0) is 61.1 Å². The zero-order valence-electron chi connectivity index (χ0n) is 16.2. The maximum Gasteiger partial charge on any atom is 0.252 e. The first-order valence-electron chi connectivity index (χ1n) is 9.23. The molecular weight excluding hydrogens is 393 g/mol. The van der Waals surface area contributed by atoms with Gasteiger partial charge in [0.1, 0.15) is 17.6 Å². The van der Waals surface area contributed by atoms with Crippen LogP contribution >= 0.6 is 12.2 Å². The number of carbonyl (C=O) groups excluding carboxylic acids is 2. The average Bonchev–Trinajstić information content (AvgIpc) is 2.93. The largest absolute Gasteiger partial charge is 0.497 e. The van der Waals surface area contributed by atoms with Crippen LogP contribution in [0.2, 0.25) is 0 Å². The molecule has 1 heterocycles. The summed E-state index contributed by atoms with van der Waals surface area (Å²) < 4.78 is 18.3. The Balaban J connectivity index is 1.73. The number of rotatable bonds is 7. The predicted molar refractivity (Wildman–Crippen MR) is 112 cm³/mol. The molecular formula is C21H22FN3O3S. The Bertz CT molecular complexity index is 902. The number of ether oxygens (including phenoxy) is 1. The van der Waals surface area contributed by atoms with Crippen LogP contribution in [-0.4, -0.2) is 46.4 Å². The molecule has 0 aromatic heterocycles. The Labute approximate surface area is 174 Å². The SMILES string of the molecule is CCN1C(=O)C(CC(=O)Nc2ccc(OC)cc2)N(Cc2ccc(F)cc2)C1=S. The van der Waals surface area contributed by atoms with Gasteiger partial charge in [0.25, 0.3) is 5.91 Å². The standard InChI is InChI=1S/C21H22FN3O3S/c1-3-24-20(27)18(12-19(26)23-16-8-10-17(28-2)11-9-16)25(21(24)29)13-14-4-6-15(22)7-5-14/h4-11,18H,3,12-13H2,1-2H3,(H,23,26). The first-order valence-corrected chi connectivity index (χ1v) is 9.64. The molecule has 152 valence electrons. The van der Waals surface area contributed by atoms with E-state index in [4.69, 9.17) is 17.0 Å². The van der Waals surface area contributed by atoms with Crippen LogP contribution in [0.4, 0.5) is 10.1 Å². The Morgan fingerprint density at radius 2 is 1.83 bits per heavy atom. The van der Waals surface area contributed by atoms with Crippen LogP contribution in [-0.2, 0) is 16.1 Å². The maximum absolute atomic E-state index is 13.2. The molecule has 1 atom stereocenters. The summed E-state index contributed by atoms with van der Waals surface area (Å²) >= 11 is 5.46. The number of hydrogen-bond donors (Lipinski definition) is 1. The fraction of sp³-hybridized carbons (Fsp3) is 0.286. The number of thiocarbonyl (C=S) groups is 1. The molecule has 1 fully saturated rings. The highest BCUT2D eigenvalue weighted by molar-refractivity contribution is 7.80. The number of amides is 2. The first-order chi connectivity index (χ1) is 13.9. The molecule has 1 N–H and O–H groups in total. The topological polar surface area (TPSA) is 61.9 Å². The van der Waals surface area contributed by atoms with Crippen LogP contribution in [0, 0.1) is 5.82 Å². The van der Waals surface area contributed by atoms with E-state index in [0.717, 1.165) is 5.56 Å². The van der Waals surface area contributed by atoms with Crippen molar-refractivity contribution in [2.75, 3.05) is 19.0 Å². The second kappa shape index (κ2) is 9.00. The van der Waals surface area contributed by atoms with E-state index in [2.05, 4.69) is 5.32 Å². The van der Waals surface area contributed by atoms with E-state index in [9.17, 15) is 14.0 Å². The minimum atomic E-state index is -0.703. The lowest BCUT2D eigenvalue weighted by Gasteiger charge is -2.24. The van der Waals surface area contributed by atoms with Gasteiger partial charge < -0.3 is 15.0 Å². The molecule has 0 bridgehead atoms. The number of carbonyl (C=O) groups is 2. The molecule has 1 aliphatic rings. The number of nitrogens with zero attached hydrogens (tertiary/aromatic N) is 2. The summed E-state index contributed by atoms with van der Waals surface area (Å²) in [6, 6.07) is 12.2. The van der Waals surface area contributed by atoms with E-state index in [-0.39, 0.29) is 24.1 Å². The second-order valence-electron chi connectivity index (χ2n) is 6.62. The van der Waals surface area contributed by atoms with E-state index in [1.54, 1.807) is 48.4 Å². The third-order valence-corrected chi connectivity index (χ3v) is 5.19. The summed E-state index contributed by atoms with van der Waals surface area (Å²) in [5.41, 5.74) is 1.42. The fourth-order valence-corrected chi connectivity index (χ4v) is 3.62. The number of nitrogens with one attached hydrogen (secondary N) is 1. The van der Waals surface area contributed by atoms with Gasteiger partial charge in [0.2, 0.25) is 5.91 Å². The zero-order chi connectivity index (χ0) is 21.0. The van der Waals surface area contributed by atoms with Crippen LogP contribution in [0.25, 0.3) is 0 Å². The number of methoxy groups -OCH3 is 1. The van der Waals surface area contributed by atoms with Crippen molar-refractivity contribution in [2.24, 2.45) is 0 Å². The minimum Gasteiger partial charge on any atom is -0.497 e. The summed E-state index contributed by atoms with van der Waals surface area (Å²) in [5, 5.41) is 3.17. The number of halogens is 1. The normalized spacial score (nSPS) is 16.3. The predicted octanol–water partition coefficient (Wildman–Crippen LogP) is 3.18. The molecule has 1 saturated heterocycles. The average molecular weight is 415 g/mol. The third kappa shape index (κ3) is 4.71. The molecule has 1 aliphatic heterocycles. The lowest BCUT2D eigenvalue weighted by Crippen LogP contribution is -2.37. The van der Waals surface area contributed by atoms with Crippen LogP contribution in [0.15, 0.2) is 48.5 Å². The fourth-order valence-electron chi connectivity index (χ4n) is 3.21. The molecule has 0 spiro atoms. The molecule has 0 saturated carbocycles. The minimum absolute atomic E-state index is 0.0390. The lowest BCUT2D eigenvalue weighted by molar-refractivity contribution is -0.130. The van der Waals surface area contributed by atoms with Gasteiger partial charge >= 0.3 is 0 Å². The molecule has 3 rings (SSSR count). The zero-order valence-corrected chi connectivity index (χ0v) is 17.0.